The minimum atomic E-state index is -1.17. The Labute approximate surface area is 141 Å². The molecule has 0 amide bonds. The normalized spacial score (nSPS) is 9.96. The third-order valence-electron chi connectivity index (χ3n) is 2.89. The second-order valence-corrected chi connectivity index (χ2v) is 4.77. The van der Waals surface area contributed by atoms with Crippen molar-refractivity contribution in [3.63, 3.8) is 0 Å². The Kier molecular flexibility index (Phi) is 5.51. The number of hydrogen-bond donors (Lipinski definition) is 0. The molecular formula is C16H14N2O7. The van der Waals surface area contributed by atoms with Gasteiger partial charge in [-0.1, -0.05) is 52.4 Å². The minimum Gasteiger partial charge on any atom is -0.329 e. The lowest BCUT2D eigenvalue weighted by molar-refractivity contribution is -0.275. The highest BCUT2D eigenvalue weighted by Gasteiger charge is 2.15. The van der Waals surface area contributed by atoms with E-state index in [-0.39, 0.29) is 16.7 Å². The van der Waals surface area contributed by atoms with Crippen molar-refractivity contribution < 1.29 is 24.3 Å². The SMILES string of the molecule is C=Cc1cn(OOC(=O)Cc2ccccc2)c(=O)n(OC(C)=O)c1=O. The fourth-order valence-corrected chi connectivity index (χ4v) is 1.81. The Morgan fingerprint density at radius 3 is 2.48 bits per heavy atom. The zero-order chi connectivity index (χ0) is 18.4. The van der Waals surface area contributed by atoms with Crippen molar-refractivity contribution in [3.8, 4) is 0 Å². The Morgan fingerprint density at radius 1 is 1.20 bits per heavy atom. The molecule has 0 aliphatic carbocycles. The molecule has 0 radical (unpaired) electrons. The van der Waals surface area contributed by atoms with Crippen molar-refractivity contribution in [1.82, 2.24) is 9.46 Å². The van der Waals surface area contributed by atoms with E-state index in [1.54, 1.807) is 30.3 Å². The van der Waals surface area contributed by atoms with Gasteiger partial charge in [-0.25, -0.2) is 19.3 Å². The molecule has 0 saturated carbocycles. The molecule has 9 heteroatoms. The van der Waals surface area contributed by atoms with Crippen molar-refractivity contribution in [2.75, 3.05) is 0 Å². The molecule has 0 bridgehead atoms. The van der Waals surface area contributed by atoms with Crippen LogP contribution in [0.4, 0.5) is 0 Å². The summed E-state index contributed by atoms with van der Waals surface area (Å²) in [5.41, 5.74) is -1.51. The van der Waals surface area contributed by atoms with E-state index in [2.05, 4.69) is 21.3 Å². The van der Waals surface area contributed by atoms with Crippen LogP contribution in [0.15, 0.2) is 52.7 Å². The zero-order valence-corrected chi connectivity index (χ0v) is 13.2. The zero-order valence-electron chi connectivity index (χ0n) is 13.2. The Hall–Kier alpha value is -3.62. The van der Waals surface area contributed by atoms with Crippen LogP contribution < -0.4 is 21.1 Å². The molecule has 9 nitrogen and oxygen atoms in total. The first-order valence-corrected chi connectivity index (χ1v) is 7.04. The van der Waals surface area contributed by atoms with E-state index in [1.807, 2.05) is 0 Å². The monoisotopic (exact) mass is 346 g/mol. The Morgan fingerprint density at radius 2 is 1.88 bits per heavy atom. The molecule has 130 valence electrons. The summed E-state index contributed by atoms with van der Waals surface area (Å²) in [5.74, 6) is -1.67. The molecule has 0 N–H and O–H groups in total. The summed E-state index contributed by atoms with van der Waals surface area (Å²) < 4.78 is 0.606. The first-order valence-electron chi connectivity index (χ1n) is 7.04. The second kappa shape index (κ2) is 7.77. The van der Waals surface area contributed by atoms with Gasteiger partial charge in [0.2, 0.25) is 0 Å². The maximum Gasteiger partial charge on any atom is 0.401 e. The van der Waals surface area contributed by atoms with E-state index in [0.29, 0.717) is 10.3 Å². The van der Waals surface area contributed by atoms with Gasteiger partial charge in [-0.15, -0.1) is 0 Å². The highest BCUT2D eigenvalue weighted by atomic mass is 17.3. The number of benzene rings is 1. The molecular weight excluding hydrogens is 332 g/mol. The van der Waals surface area contributed by atoms with Gasteiger partial charge in [0, 0.05) is 6.92 Å². The van der Waals surface area contributed by atoms with Gasteiger partial charge in [0.05, 0.1) is 18.2 Å². The number of aromatic nitrogens is 2. The van der Waals surface area contributed by atoms with Gasteiger partial charge in [0.25, 0.3) is 5.56 Å². The third kappa shape index (κ3) is 4.44. The fourth-order valence-electron chi connectivity index (χ4n) is 1.81. The summed E-state index contributed by atoms with van der Waals surface area (Å²) in [6, 6.07) is 8.72. The van der Waals surface area contributed by atoms with E-state index in [1.165, 1.54) is 0 Å². The number of carbonyl (C=O) groups is 2. The molecule has 2 aromatic rings. The molecule has 0 aliphatic heterocycles. The van der Waals surface area contributed by atoms with Gasteiger partial charge >= 0.3 is 17.6 Å². The van der Waals surface area contributed by atoms with Gasteiger partial charge in [0.1, 0.15) is 0 Å². The quantitative estimate of drug-likeness (QED) is 0.525. The highest BCUT2D eigenvalue weighted by Crippen LogP contribution is 2.00. The molecule has 0 spiro atoms. The van der Waals surface area contributed by atoms with E-state index >= 15 is 0 Å². The van der Waals surface area contributed by atoms with E-state index in [9.17, 15) is 19.2 Å². The molecule has 1 heterocycles. The molecule has 0 saturated heterocycles. The van der Waals surface area contributed by atoms with Crippen LogP contribution in [0.25, 0.3) is 6.08 Å². The maximum atomic E-state index is 12.1. The summed E-state index contributed by atoms with van der Waals surface area (Å²) in [7, 11) is 0. The topological polar surface area (TPSA) is 106 Å². The van der Waals surface area contributed by atoms with Gasteiger partial charge in [0.15, 0.2) is 0 Å². The summed E-state index contributed by atoms with van der Waals surface area (Å²) in [5, 5.41) is 0. The summed E-state index contributed by atoms with van der Waals surface area (Å²) >= 11 is 0. The number of carbonyl (C=O) groups excluding carboxylic acids is 2. The molecule has 25 heavy (non-hydrogen) atoms. The van der Waals surface area contributed by atoms with E-state index < -0.39 is 23.2 Å². The standard InChI is InChI=1S/C16H14N2O7/c1-3-13-10-17(16(22)18(15(13)21)23-11(2)19)25-24-14(20)9-12-7-5-4-6-8-12/h3-8,10H,1,9H2,2H3. The van der Waals surface area contributed by atoms with Crippen LogP contribution in [0, 0.1) is 0 Å². The third-order valence-corrected chi connectivity index (χ3v) is 2.89. The van der Waals surface area contributed by atoms with Crippen LogP contribution >= 0.6 is 0 Å². The van der Waals surface area contributed by atoms with Gasteiger partial charge < -0.3 is 4.84 Å². The molecule has 1 aromatic heterocycles. The van der Waals surface area contributed by atoms with E-state index in [0.717, 1.165) is 19.2 Å². The van der Waals surface area contributed by atoms with Crippen LogP contribution in [0.5, 0.6) is 0 Å². The van der Waals surface area contributed by atoms with Gasteiger partial charge in [-0.05, 0) is 5.56 Å². The lowest BCUT2D eigenvalue weighted by Gasteiger charge is -2.09. The largest absolute Gasteiger partial charge is 0.401 e. The average Bonchev–Trinajstić information content (AvgIpc) is 2.58. The lowest BCUT2D eigenvalue weighted by atomic mass is 10.2. The summed E-state index contributed by atoms with van der Waals surface area (Å²) in [4.78, 5) is 60.5. The Balaban J connectivity index is 2.20. The maximum absolute atomic E-state index is 12.1. The van der Waals surface area contributed by atoms with Crippen molar-refractivity contribution in [3.05, 3.63) is 75.1 Å². The highest BCUT2D eigenvalue weighted by molar-refractivity contribution is 5.71. The molecule has 0 fully saturated rings. The minimum absolute atomic E-state index is 0.0898. The van der Waals surface area contributed by atoms with Crippen molar-refractivity contribution in [2.24, 2.45) is 0 Å². The smallest absolute Gasteiger partial charge is 0.329 e. The summed E-state index contributed by atoms with van der Waals surface area (Å²) in [6.45, 7) is 4.41. The van der Waals surface area contributed by atoms with E-state index in [4.69, 9.17) is 0 Å². The molecule has 1 aromatic carbocycles. The average molecular weight is 346 g/mol. The van der Waals surface area contributed by atoms with Crippen LogP contribution in [0.1, 0.15) is 18.1 Å². The fraction of sp³-hybridized carbons (Fsp3) is 0.125. The molecule has 0 unspecified atom stereocenters. The Bertz CT molecular complexity index is 912. The van der Waals surface area contributed by atoms with Crippen molar-refractivity contribution in [1.29, 1.82) is 0 Å². The summed E-state index contributed by atoms with van der Waals surface area (Å²) in [6.07, 6.45) is 1.98. The predicted octanol–water partition coefficient (Wildman–Crippen LogP) is -0.242. The number of rotatable bonds is 6. The first kappa shape index (κ1) is 17.7. The van der Waals surface area contributed by atoms with Crippen LogP contribution in [0.3, 0.4) is 0 Å². The van der Waals surface area contributed by atoms with Crippen molar-refractivity contribution >= 4 is 18.0 Å². The van der Waals surface area contributed by atoms with Crippen LogP contribution in [0.2, 0.25) is 0 Å². The molecule has 0 atom stereocenters. The van der Waals surface area contributed by atoms with Crippen LogP contribution in [-0.4, -0.2) is 21.4 Å². The molecule has 0 aliphatic rings. The predicted molar refractivity (Wildman–Crippen MR) is 85.1 cm³/mol. The second-order valence-electron chi connectivity index (χ2n) is 4.77. The molecule has 2 rings (SSSR count). The number of hydrogen-bond acceptors (Lipinski definition) is 7. The van der Waals surface area contributed by atoms with Gasteiger partial charge in [-0.3, -0.25) is 4.79 Å². The van der Waals surface area contributed by atoms with Gasteiger partial charge in [-0.2, -0.15) is 4.99 Å². The van der Waals surface area contributed by atoms with Crippen LogP contribution in [-0.2, 0) is 20.9 Å². The first-order chi connectivity index (χ1) is 11.9. The lowest BCUT2D eigenvalue weighted by Crippen LogP contribution is -2.47. The number of nitrogens with zero attached hydrogens (tertiary/aromatic N) is 2. The van der Waals surface area contributed by atoms with Crippen molar-refractivity contribution in [2.45, 2.75) is 13.3 Å².